The SMILES string of the molecule is CCc1nc(CN(CC(=O)O)CC(C)C)cs1. The molecule has 1 aromatic rings. The van der Waals surface area contributed by atoms with Crippen LogP contribution in [0.4, 0.5) is 0 Å². The number of aliphatic carboxylic acids is 1. The van der Waals surface area contributed by atoms with Gasteiger partial charge in [-0.3, -0.25) is 9.69 Å². The van der Waals surface area contributed by atoms with E-state index in [0.29, 0.717) is 12.5 Å². The lowest BCUT2D eigenvalue weighted by Crippen LogP contribution is -2.32. The third-order valence-electron chi connectivity index (χ3n) is 2.27. The summed E-state index contributed by atoms with van der Waals surface area (Å²) in [5.74, 6) is -0.324. The van der Waals surface area contributed by atoms with Crippen LogP contribution in [-0.2, 0) is 17.8 Å². The predicted molar refractivity (Wildman–Crippen MR) is 69.2 cm³/mol. The van der Waals surface area contributed by atoms with Crippen LogP contribution in [0.15, 0.2) is 5.38 Å². The fourth-order valence-electron chi connectivity index (χ4n) is 1.71. The monoisotopic (exact) mass is 256 g/mol. The van der Waals surface area contributed by atoms with Gasteiger partial charge in [-0.15, -0.1) is 11.3 Å². The van der Waals surface area contributed by atoms with Gasteiger partial charge in [-0.1, -0.05) is 20.8 Å². The first-order valence-electron chi connectivity index (χ1n) is 5.88. The minimum absolute atomic E-state index is 0.0805. The van der Waals surface area contributed by atoms with E-state index >= 15 is 0 Å². The first-order chi connectivity index (χ1) is 8.01. The molecule has 0 aromatic carbocycles. The maximum Gasteiger partial charge on any atom is 0.317 e. The summed E-state index contributed by atoms with van der Waals surface area (Å²) in [5.41, 5.74) is 0.980. The third-order valence-corrected chi connectivity index (χ3v) is 3.31. The molecule has 1 aromatic heterocycles. The summed E-state index contributed by atoms with van der Waals surface area (Å²) in [4.78, 5) is 17.2. The van der Waals surface area contributed by atoms with E-state index in [2.05, 4.69) is 25.8 Å². The average molecular weight is 256 g/mol. The molecule has 0 aliphatic carbocycles. The van der Waals surface area contributed by atoms with Gasteiger partial charge >= 0.3 is 5.97 Å². The van der Waals surface area contributed by atoms with Crippen molar-refractivity contribution in [3.05, 3.63) is 16.1 Å². The smallest absolute Gasteiger partial charge is 0.317 e. The molecule has 0 bridgehead atoms. The molecule has 1 heterocycles. The minimum atomic E-state index is -0.781. The largest absolute Gasteiger partial charge is 0.480 e. The number of carboxylic acid groups (broad SMARTS) is 1. The molecule has 17 heavy (non-hydrogen) atoms. The molecule has 0 saturated heterocycles. The van der Waals surface area contributed by atoms with Gasteiger partial charge < -0.3 is 5.11 Å². The second kappa shape index (κ2) is 6.71. The van der Waals surface area contributed by atoms with Gasteiger partial charge in [-0.05, 0) is 12.3 Å². The van der Waals surface area contributed by atoms with Crippen LogP contribution in [0.2, 0.25) is 0 Å². The highest BCUT2D eigenvalue weighted by Gasteiger charge is 2.13. The summed E-state index contributed by atoms with van der Waals surface area (Å²) in [5, 5.41) is 12.0. The molecule has 0 spiro atoms. The lowest BCUT2D eigenvalue weighted by atomic mass is 10.2. The maximum atomic E-state index is 10.8. The molecule has 0 aliphatic heterocycles. The second-order valence-electron chi connectivity index (χ2n) is 4.54. The highest BCUT2D eigenvalue weighted by molar-refractivity contribution is 7.09. The van der Waals surface area contributed by atoms with Crippen molar-refractivity contribution in [2.45, 2.75) is 33.7 Å². The molecule has 1 rings (SSSR count). The van der Waals surface area contributed by atoms with Crippen molar-refractivity contribution in [3.63, 3.8) is 0 Å². The Bertz CT molecular complexity index is 363. The first kappa shape index (κ1) is 14.1. The summed E-state index contributed by atoms with van der Waals surface area (Å²) in [6, 6.07) is 0. The number of hydrogen-bond acceptors (Lipinski definition) is 4. The molecular formula is C12H20N2O2S. The van der Waals surface area contributed by atoms with Crippen molar-refractivity contribution >= 4 is 17.3 Å². The fourth-order valence-corrected chi connectivity index (χ4v) is 2.44. The van der Waals surface area contributed by atoms with Gasteiger partial charge in [-0.25, -0.2) is 4.98 Å². The van der Waals surface area contributed by atoms with Crippen LogP contribution in [0.5, 0.6) is 0 Å². The van der Waals surface area contributed by atoms with Crippen molar-refractivity contribution in [2.24, 2.45) is 5.92 Å². The molecule has 0 saturated carbocycles. The molecule has 0 unspecified atom stereocenters. The van der Waals surface area contributed by atoms with Gasteiger partial charge in [0, 0.05) is 18.5 Å². The molecule has 5 heteroatoms. The van der Waals surface area contributed by atoms with Crippen LogP contribution in [0, 0.1) is 5.92 Å². The molecular weight excluding hydrogens is 236 g/mol. The highest BCUT2D eigenvalue weighted by atomic mass is 32.1. The van der Waals surface area contributed by atoms with E-state index in [1.807, 2.05) is 10.3 Å². The molecule has 0 radical (unpaired) electrons. The van der Waals surface area contributed by atoms with Gasteiger partial charge in [0.2, 0.25) is 0 Å². The standard InChI is InChI=1S/C12H20N2O2S/c1-4-11-13-10(8-17-11)6-14(5-9(2)3)7-12(15)16/h8-9H,4-7H2,1-3H3,(H,15,16). The van der Waals surface area contributed by atoms with E-state index in [9.17, 15) is 4.79 Å². The summed E-state index contributed by atoms with van der Waals surface area (Å²) in [6.45, 7) is 7.75. The lowest BCUT2D eigenvalue weighted by molar-refractivity contribution is -0.138. The number of carbonyl (C=O) groups is 1. The number of hydrogen-bond donors (Lipinski definition) is 1. The van der Waals surface area contributed by atoms with Gasteiger partial charge in [-0.2, -0.15) is 0 Å². The summed E-state index contributed by atoms with van der Waals surface area (Å²) in [6.07, 6.45) is 0.938. The van der Waals surface area contributed by atoms with E-state index in [0.717, 1.165) is 23.7 Å². The van der Waals surface area contributed by atoms with Crippen molar-refractivity contribution in [1.82, 2.24) is 9.88 Å². The quantitative estimate of drug-likeness (QED) is 0.813. The number of carboxylic acids is 1. The summed E-state index contributed by atoms with van der Waals surface area (Å²) in [7, 11) is 0. The van der Waals surface area contributed by atoms with Crippen LogP contribution in [0.25, 0.3) is 0 Å². The van der Waals surface area contributed by atoms with E-state index in [1.165, 1.54) is 0 Å². The zero-order valence-electron chi connectivity index (χ0n) is 10.6. The van der Waals surface area contributed by atoms with Crippen molar-refractivity contribution in [1.29, 1.82) is 0 Å². The molecule has 96 valence electrons. The summed E-state index contributed by atoms with van der Waals surface area (Å²) >= 11 is 1.64. The molecule has 1 N–H and O–H groups in total. The van der Waals surface area contributed by atoms with Crippen molar-refractivity contribution in [3.8, 4) is 0 Å². The van der Waals surface area contributed by atoms with Gasteiger partial charge in [0.15, 0.2) is 0 Å². The van der Waals surface area contributed by atoms with Crippen LogP contribution in [0.3, 0.4) is 0 Å². The molecule has 4 nitrogen and oxygen atoms in total. The zero-order chi connectivity index (χ0) is 12.8. The molecule has 0 atom stereocenters. The Morgan fingerprint density at radius 1 is 1.59 bits per heavy atom. The highest BCUT2D eigenvalue weighted by Crippen LogP contribution is 2.13. The number of thiazole rings is 1. The van der Waals surface area contributed by atoms with E-state index < -0.39 is 5.97 Å². The lowest BCUT2D eigenvalue weighted by Gasteiger charge is -2.21. The van der Waals surface area contributed by atoms with Crippen LogP contribution < -0.4 is 0 Å². The Kier molecular flexibility index (Phi) is 5.58. The topological polar surface area (TPSA) is 53.4 Å². The number of nitrogens with zero attached hydrogens (tertiary/aromatic N) is 2. The third kappa shape index (κ3) is 5.28. The van der Waals surface area contributed by atoms with Crippen molar-refractivity contribution in [2.75, 3.05) is 13.1 Å². The predicted octanol–water partition coefficient (Wildman–Crippen LogP) is 2.25. The van der Waals surface area contributed by atoms with E-state index in [4.69, 9.17) is 5.11 Å². The van der Waals surface area contributed by atoms with Crippen molar-refractivity contribution < 1.29 is 9.90 Å². The van der Waals surface area contributed by atoms with Gasteiger partial charge in [0.05, 0.1) is 17.2 Å². The Morgan fingerprint density at radius 2 is 2.29 bits per heavy atom. The van der Waals surface area contributed by atoms with E-state index in [-0.39, 0.29) is 6.54 Å². The van der Waals surface area contributed by atoms with Crippen LogP contribution in [0.1, 0.15) is 31.5 Å². The average Bonchev–Trinajstić information content (AvgIpc) is 2.63. The summed E-state index contributed by atoms with van der Waals surface area (Å²) < 4.78 is 0. The minimum Gasteiger partial charge on any atom is -0.480 e. The molecule has 0 amide bonds. The molecule has 0 aliphatic rings. The number of aryl methyl sites for hydroxylation is 1. The number of aromatic nitrogens is 1. The first-order valence-corrected chi connectivity index (χ1v) is 6.76. The van der Waals surface area contributed by atoms with Crippen LogP contribution in [-0.4, -0.2) is 34.0 Å². The zero-order valence-corrected chi connectivity index (χ0v) is 11.5. The van der Waals surface area contributed by atoms with Gasteiger partial charge in [0.1, 0.15) is 0 Å². The normalized spacial score (nSPS) is 11.4. The number of rotatable bonds is 7. The Labute approximate surface area is 106 Å². The van der Waals surface area contributed by atoms with E-state index in [1.54, 1.807) is 11.3 Å². The Balaban J connectivity index is 2.60. The Morgan fingerprint density at radius 3 is 2.76 bits per heavy atom. The molecule has 0 fully saturated rings. The Hall–Kier alpha value is -0.940. The maximum absolute atomic E-state index is 10.8. The van der Waals surface area contributed by atoms with Gasteiger partial charge in [0.25, 0.3) is 0 Å². The van der Waals surface area contributed by atoms with Crippen LogP contribution >= 0.6 is 11.3 Å². The second-order valence-corrected chi connectivity index (χ2v) is 5.49. The fraction of sp³-hybridized carbons (Fsp3) is 0.667.